The number of carboxylic acid groups (broad SMARTS) is 1. The fourth-order valence-corrected chi connectivity index (χ4v) is 1.86. The maximum atomic E-state index is 13.6. The molecule has 0 saturated carbocycles. The summed E-state index contributed by atoms with van der Waals surface area (Å²) in [7, 11) is 0. The van der Waals surface area contributed by atoms with Gasteiger partial charge in [-0.3, -0.25) is 0 Å². The summed E-state index contributed by atoms with van der Waals surface area (Å²) in [5.41, 5.74) is -1.25. The van der Waals surface area contributed by atoms with Gasteiger partial charge in [-0.25, -0.2) is 26.7 Å². The molecule has 1 unspecified atom stereocenters. The first-order chi connectivity index (χ1) is 10.8. The zero-order valence-corrected chi connectivity index (χ0v) is 11.3. The highest BCUT2D eigenvalue weighted by Gasteiger charge is 2.30. The Kier molecular flexibility index (Phi) is 4.83. The van der Waals surface area contributed by atoms with Crippen molar-refractivity contribution in [2.75, 3.05) is 0 Å². The Labute approximate surface area is 126 Å². The Morgan fingerprint density at radius 3 is 1.87 bits per heavy atom. The summed E-state index contributed by atoms with van der Waals surface area (Å²) >= 11 is 0. The van der Waals surface area contributed by atoms with Gasteiger partial charge in [0.05, 0.1) is 0 Å². The summed E-state index contributed by atoms with van der Waals surface area (Å²) in [6, 6.07) is 7.43. The Balaban J connectivity index is 2.36. The second kappa shape index (κ2) is 6.64. The van der Waals surface area contributed by atoms with E-state index in [9.17, 15) is 26.7 Å². The molecule has 1 N–H and O–H groups in total. The zero-order chi connectivity index (χ0) is 17.1. The summed E-state index contributed by atoms with van der Waals surface area (Å²) in [4.78, 5) is 11.1. The van der Waals surface area contributed by atoms with Crippen LogP contribution in [0.25, 0.3) is 0 Å². The minimum absolute atomic E-state index is 0.0729. The van der Waals surface area contributed by atoms with E-state index in [0.717, 1.165) is 0 Å². The second-order valence-corrected chi connectivity index (χ2v) is 4.51. The molecule has 0 heterocycles. The molecule has 2 aromatic carbocycles. The maximum absolute atomic E-state index is 13.6. The Morgan fingerprint density at radius 1 is 0.913 bits per heavy atom. The minimum atomic E-state index is -2.31. The van der Waals surface area contributed by atoms with Crippen molar-refractivity contribution in [3.05, 3.63) is 65.0 Å². The molecule has 2 rings (SSSR count). The molecule has 0 aliphatic heterocycles. The average molecular weight is 332 g/mol. The topological polar surface area (TPSA) is 46.5 Å². The fraction of sp³-hybridized carbons (Fsp3) is 0.133. The van der Waals surface area contributed by atoms with E-state index in [1.165, 1.54) is 24.3 Å². The Hall–Kier alpha value is -2.64. The lowest BCUT2D eigenvalue weighted by atomic mass is 10.1. The molecule has 0 bridgehead atoms. The van der Waals surface area contributed by atoms with E-state index in [1.807, 2.05) is 0 Å². The van der Waals surface area contributed by atoms with Gasteiger partial charge < -0.3 is 9.84 Å². The number of para-hydroxylation sites is 1. The van der Waals surface area contributed by atoms with Gasteiger partial charge in [0, 0.05) is 12.0 Å². The van der Waals surface area contributed by atoms with Crippen LogP contribution in [0.1, 0.15) is 5.56 Å². The fourth-order valence-electron chi connectivity index (χ4n) is 1.86. The molecule has 0 aromatic heterocycles. The number of hydrogen-bond acceptors (Lipinski definition) is 2. The summed E-state index contributed by atoms with van der Waals surface area (Å²) in [5.74, 6) is -12.3. The highest BCUT2D eigenvalue weighted by molar-refractivity contribution is 5.73. The molecule has 0 fully saturated rings. The van der Waals surface area contributed by atoms with E-state index in [-0.39, 0.29) is 5.75 Å². The molecule has 3 nitrogen and oxygen atoms in total. The number of carboxylic acids is 1. The van der Waals surface area contributed by atoms with Crippen molar-refractivity contribution in [2.45, 2.75) is 12.5 Å². The lowest BCUT2D eigenvalue weighted by Crippen LogP contribution is -2.30. The zero-order valence-electron chi connectivity index (χ0n) is 11.3. The first kappa shape index (κ1) is 16.7. The summed E-state index contributed by atoms with van der Waals surface area (Å²) in [6.45, 7) is 0. The predicted octanol–water partition coefficient (Wildman–Crippen LogP) is 3.46. The number of halogens is 5. The van der Waals surface area contributed by atoms with Gasteiger partial charge in [-0.2, -0.15) is 0 Å². The normalized spacial score (nSPS) is 12.0. The van der Waals surface area contributed by atoms with E-state index in [1.54, 1.807) is 6.07 Å². The molecule has 23 heavy (non-hydrogen) atoms. The van der Waals surface area contributed by atoms with E-state index in [4.69, 9.17) is 9.84 Å². The van der Waals surface area contributed by atoms with E-state index < -0.39 is 53.1 Å². The third-order valence-electron chi connectivity index (χ3n) is 2.99. The largest absolute Gasteiger partial charge is 0.478 e. The van der Waals surface area contributed by atoms with Gasteiger partial charge in [0.1, 0.15) is 5.75 Å². The third kappa shape index (κ3) is 3.41. The van der Waals surface area contributed by atoms with Crippen LogP contribution < -0.4 is 4.74 Å². The highest BCUT2D eigenvalue weighted by Crippen LogP contribution is 2.25. The number of ether oxygens (including phenoxy) is 1. The molecule has 8 heteroatoms. The van der Waals surface area contributed by atoms with Crippen LogP contribution >= 0.6 is 0 Å². The van der Waals surface area contributed by atoms with E-state index in [2.05, 4.69) is 0 Å². The van der Waals surface area contributed by atoms with Crippen LogP contribution in [0.2, 0.25) is 0 Å². The summed E-state index contributed by atoms with van der Waals surface area (Å²) in [5, 5.41) is 9.04. The van der Waals surface area contributed by atoms with E-state index in [0.29, 0.717) is 0 Å². The second-order valence-electron chi connectivity index (χ2n) is 4.51. The van der Waals surface area contributed by atoms with Crippen molar-refractivity contribution in [2.24, 2.45) is 0 Å². The molecule has 1 atom stereocenters. The van der Waals surface area contributed by atoms with Crippen LogP contribution in [0, 0.1) is 29.1 Å². The highest BCUT2D eigenvalue weighted by atomic mass is 19.2. The van der Waals surface area contributed by atoms with Gasteiger partial charge in [-0.05, 0) is 12.1 Å². The van der Waals surface area contributed by atoms with Crippen molar-refractivity contribution < 1.29 is 36.6 Å². The third-order valence-corrected chi connectivity index (χ3v) is 2.99. The number of rotatable bonds is 5. The predicted molar refractivity (Wildman–Crippen MR) is 68.4 cm³/mol. The van der Waals surface area contributed by atoms with Crippen LogP contribution in [0.3, 0.4) is 0 Å². The first-order valence-corrected chi connectivity index (χ1v) is 6.27. The van der Waals surface area contributed by atoms with Gasteiger partial charge in [-0.15, -0.1) is 0 Å². The maximum Gasteiger partial charge on any atom is 0.345 e. The van der Waals surface area contributed by atoms with Gasteiger partial charge in [-0.1, -0.05) is 18.2 Å². The lowest BCUT2D eigenvalue weighted by molar-refractivity contribution is -0.145. The Bertz CT molecular complexity index is 705. The Morgan fingerprint density at radius 2 is 1.39 bits per heavy atom. The van der Waals surface area contributed by atoms with Crippen molar-refractivity contribution in [1.29, 1.82) is 0 Å². The van der Waals surface area contributed by atoms with Gasteiger partial charge in [0.25, 0.3) is 0 Å². The molecule has 122 valence electrons. The monoisotopic (exact) mass is 332 g/mol. The quantitative estimate of drug-likeness (QED) is 0.518. The number of aliphatic carboxylic acids is 1. The number of benzene rings is 2. The van der Waals surface area contributed by atoms with Crippen LogP contribution in [0.5, 0.6) is 5.75 Å². The van der Waals surface area contributed by atoms with Crippen LogP contribution in [0.4, 0.5) is 22.0 Å². The molecule has 0 aliphatic rings. The SMILES string of the molecule is O=C(O)C(Cc1c(F)c(F)c(F)c(F)c1F)Oc1ccccc1. The van der Waals surface area contributed by atoms with Gasteiger partial charge in [0.15, 0.2) is 29.4 Å². The van der Waals surface area contributed by atoms with Crippen molar-refractivity contribution in [3.8, 4) is 5.75 Å². The first-order valence-electron chi connectivity index (χ1n) is 6.27. The number of carbonyl (C=O) groups is 1. The molecular weight excluding hydrogens is 323 g/mol. The molecule has 0 radical (unpaired) electrons. The minimum Gasteiger partial charge on any atom is -0.478 e. The molecule has 2 aromatic rings. The molecule has 0 saturated heterocycles. The lowest BCUT2D eigenvalue weighted by Gasteiger charge is -2.16. The van der Waals surface area contributed by atoms with Gasteiger partial charge >= 0.3 is 5.97 Å². The molecule has 0 spiro atoms. The molecule has 0 amide bonds. The molecular formula is C15H9F5O3. The van der Waals surface area contributed by atoms with Crippen LogP contribution in [-0.2, 0) is 11.2 Å². The van der Waals surface area contributed by atoms with Crippen molar-refractivity contribution in [3.63, 3.8) is 0 Å². The molecule has 0 aliphatic carbocycles. The average Bonchev–Trinajstić information content (AvgIpc) is 2.54. The standard InChI is InChI=1S/C15H9F5O3/c16-10-8(11(17)13(19)14(20)12(10)18)6-9(15(21)22)23-7-4-2-1-3-5-7/h1-5,9H,6H2,(H,21,22). The van der Waals surface area contributed by atoms with Crippen molar-refractivity contribution in [1.82, 2.24) is 0 Å². The smallest absolute Gasteiger partial charge is 0.345 e. The van der Waals surface area contributed by atoms with Crippen LogP contribution in [0.15, 0.2) is 30.3 Å². The van der Waals surface area contributed by atoms with E-state index >= 15 is 0 Å². The number of hydrogen-bond donors (Lipinski definition) is 1. The summed E-state index contributed by atoms with van der Waals surface area (Å²) < 4.78 is 71.4. The van der Waals surface area contributed by atoms with Crippen LogP contribution in [-0.4, -0.2) is 17.2 Å². The van der Waals surface area contributed by atoms with Gasteiger partial charge in [0.2, 0.25) is 5.82 Å². The van der Waals surface area contributed by atoms with Crippen molar-refractivity contribution >= 4 is 5.97 Å². The summed E-state index contributed by atoms with van der Waals surface area (Å²) in [6.07, 6.45) is -2.86.